The van der Waals surface area contributed by atoms with Gasteiger partial charge in [0.25, 0.3) is 0 Å². The molecule has 0 saturated carbocycles. The molecule has 0 rings (SSSR count). The van der Waals surface area contributed by atoms with Crippen LogP contribution in [0.25, 0.3) is 0 Å². The smallest absolute Gasteiger partial charge is 0.314 e. The number of carboxylic acids is 1. The maximum atomic E-state index is 11.3. The van der Waals surface area contributed by atoms with Gasteiger partial charge in [-0.1, -0.05) is 0 Å². The van der Waals surface area contributed by atoms with E-state index < -0.39 is 24.0 Å². The molecule has 1 atom stereocenters. The summed E-state index contributed by atoms with van der Waals surface area (Å²) in [6, 6.07) is -0.485. The second kappa shape index (κ2) is 9.54. The van der Waals surface area contributed by atoms with Gasteiger partial charge in [0.2, 0.25) is 0 Å². The van der Waals surface area contributed by atoms with E-state index in [2.05, 4.69) is 10.6 Å². The zero-order chi connectivity index (χ0) is 14.7. The Bertz CT molecular complexity index is 282. The highest BCUT2D eigenvalue weighted by Crippen LogP contribution is 2.06. The van der Waals surface area contributed by atoms with Crippen LogP contribution >= 0.6 is 0 Å². The summed E-state index contributed by atoms with van der Waals surface area (Å²) in [5.41, 5.74) is -1.47. The second-order valence-electron chi connectivity index (χ2n) is 4.28. The van der Waals surface area contributed by atoms with Gasteiger partial charge >= 0.3 is 12.0 Å². The Labute approximate surface area is 112 Å². The maximum absolute atomic E-state index is 11.3. The molecule has 0 saturated heterocycles. The molecule has 0 heterocycles. The average Bonchev–Trinajstić information content (AvgIpc) is 2.29. The molecule has 112 valence electrons. The first-order valence-electron chi connectivity index (χ1n) is 5.90. The molecule has 0 aromatic carbocycles. The number of aliphatic hydroxyl groups is 1. The summed E-state index contributed by atoms with van der Waals surface area (Å²) >= 11 is 0. The Morgan fingerprint density at radius 1 is 1.21 bits per heavy atom. The molecule has 4 N–H and O–H groups in total. The van der Waals surface area contributed by atoms with Crippen molar-refractivity contribution in [3.05, 3.63) is 0 Å². The summed E-state index contributed by atoms with van der Waals surface area (Å²) in [6.45, 7) is 2.81. The molecule has 0 aliphatic carbocycles. The van der Waals surface area contributed by atoms with E-state index in [9.17, 15) is 14.7 Å². The summed E-state index contributed by atoms with van der Waals surface area (Å²) in [5.74, 6) is -1.13. The van der Waals surface area contributed by atoms with E-state index in [4.69, 9.17) is 14.6 Å². The van der Waals surface area contributed by atoms with Crippen molar-refractivity contribution in [2.75, 3.05) is 40.0 Å². The Hall–Kier alpha value is -1.38. The summed E-state index contributed by atoms with van der Waals surface area (Å²) < 4.78 is 9.90. The summed E-state index contributed by atoms with van der Waals surface area (Å²) in [5, 5.41) is 23.1. The number of aliphatic carboxylic acids is 1. The van der Waals surface area contributed by atoms with Crippen molar-refractivity contribution in [3.63, 3.8) is 0 Å². The van der Waals surface area contributed by atoms with Crippen molar-refractivity contribution in [2.45, 2.75) is 18.9 Å². The first-order valence-corrected chi connectivity index (χ1v) is 5.90. The molecule has 8 nitrogen and oxygen atoms in total. The minimum Gasteiger partial charge on any atom is -0.481 e. The lowest BCUT2D eigenvalue weighted by Crippen LogP contribution is -2.46. The van der Waals surface area contributed by atoms with Gasteiger partial charge in [0.1, 0.15) is 0 Å². The van der Waals surface area contributed by atoms with E-state index in [0.717, 1.165) is 0 Å². The van der Waals surface area contributed by atoms with E-state index in [1.807, 2.05) is 0 Å². The largest absolute Gasteiger partial charge is 0.481 e. The average molecular weight is 278 g/mol. The third-order valence-electron chi connectivity index (χ3n) is 2.13. The normalized spacial score (nSPS) is 13.6. The molecular formula is C11H22N2O6. The quantitative estimate of drug-likeness (QED) is 0.388. The molecule has 0 aromatic heterocycles. The number of nitrogens with one attached hydrogen (secondary N) is 2. The molecular weight excluding hydrogens is 256 g/mol. The number of amides is 2. The van der Waals surface area contributed by atoms with Gasteiger partial charge in [0.05, 0.1) is 31.8 Å². The highest BCUT2D eigenvalue weighted by atomic mass is 16.5. The molecule has 0 spiro atoms. The number of carbonyl (C=O) groups excluding carboxylic acids is 1. The minimum absolute atomic E-state index is 0.143. The van der Waals surface area contributed by atoms with Crippen molar-refractivity contribution in [2.24, 2.45) is 0 Å². The number of urea groups is 1. The maximum Gasteiger partial charge on any atom is 0.314 e. The molecule has 0 fully saturated rings. The predicted molar refractivity (Wildman–Crippen MR) is 67.0 cm³/mol. The predicted octanol–water partition coefficient (Wildman–Crippen LogP) is -0.826. The van der Waals surface area contributed by atoms with Gasteiger partial charge in [0, 0.05) is 20.2 Å². The standard InChI is InChI=1S/C11H22N2O6/c1-11(17,7-9(14)15)8-13-10(16)12-3-4-19-6-5-18-2/h17H,3-8H2,1-2H3,(H,14,15)(H2,12,13,16). The molecule has 2 amide bonds. The van der Waals surface area contributed by atoms with E-state index >= 15 is 0 Å². The van der Waals surface area contributed by atoms with Gasteiger partial charge in [-0.05, 0) is 6.92 Å². The minimum atomic E-state index is -1.47. The lowest BCUT2D eigenvalue weighted by Gasteiger charge is -2.21. The van der Waals surface area contributed by atoms with Crippen LogP contribution in [-0.2, 0) is 14.3 Å². The van der Waals surface area contributed by atoms with Crippen LogP contribution in [0.5, 0.6) is 0 Å². The van der Waals surface area contributed by atoms with Crippen LogP contribution in [0.15, 0.2) is 0 Å². The number of ether oxygens (including phenoxy) is 2. The van der Waals surface area contributed by atoms with Gasteiger partial charge in [-0.2, -0.15) is 0 Å². The highest BCUT2D eigenvalue weighted by Gasteiger charge is 2.24. The molecule has 0 radical (unpaired) electrons. The van der Waals surface area contributed by atoms with Crippen molar-refractivity contribution < 1.29 is 29.3 Å². The fourth-order valence-electron chi connectivity index (χ4n) is 1.20. The zero-order valence-electron chi connectivity index (χ0n) is 11.3. The van der Waals surface area contributed by atoms with Crippen LogP contribution in [-0.4, -0.2) is 67.8 Å². The Kier molecular flexibility index (Phi) is 8.84. The topological polar surface area (TPSA) is 117 Å². The third kappa shape index (κ3) is 11.4. The van der Waals surface area contributed by atoms with Gasteiger partial charge in [-0.15, -0.1) is 0 Å². The SMILES string of the molecule is COCCOCCNC(=O)NCC(C)(O)CC(=O)O. The monoisotopic (exact) mass is 278 g/mol. The van der Waals surface area contributed by atoms with Crippen LogP contribution < -0.4 is 10.6 Å². The molecule has 0 aliphatic rings. The third-order valence-corrected chi connectivity index (χ3v) is 2.13. The van der Waals surface area contributed by atoms with Crippen LogP contribution in [0, 0.1) is 0 Å². The van der Waals surface area contributed by atoms with Crippen LogP contribution in [0.4, 0.5) is 4.79 Å². The van der Waals surface area contributed by atoms with Crippen molar-refractivity contribution in [3.8, 4) is 0 Å². The summed E-state index contributed by atoms with van der Waals surface area (Å²) in [7, 11) is 1.57. The number of rotatable bonds is 10. The Balaban J connectivity index is 3.61. The van der Waals surface area contributed by atoms with Crippen molar-refractivity contribution in [1.29, 1.82) is 0 Å². The first-order chi connectivity index (χ1) is 8.87. The van der Waals surface area contributed by atoms with E-state index in [1.54, 1.807) is 7.11 Å². The van der Waals surface area contributed by atoms with Gasteiger partial charge in [-0.25, -0.2) is 4.79 Å². The summed E-state index contributed by atoms with van der Waals surface area (Å²) in [4.78, 5) is 21.7. The Morgan fingerprint density at radius 2 is 1.89 bits per heavy atom. The number of carboxylic acid groups (broad SMARTS) is 1. The second-order valence-corrected chi connectivity index (χ2v) is 4.28. The van der Waals surface area contributed by atoms with Crippen molar-refractivity contribution >= 4 is 12.0 Å². The van der Waals surface area contributed by atoms with Gasteiger partial charge in [0.15, 0.2) is 0 Å². The fourth-order valence-corrected chi connectivity index (χ4v) is 1.20. The first kappa shape index (κ1) is 17.6. The molecule has 8 heteroatoms. The lowest BCUT2D eigenvalue weighted by atomic mass is 10.0. The molecule has 0 aliphatic heterocycles. The number of hydrogen-bond donors (Lipinski definition) is 4. The molecule has 0 bridgehead atoms. The molecule has 0 aromatic rings. The van der Waals surface area contributed by atoms with Crippen LogP contribution in [0.2, 0.25) is 0 Å². The van der Waals surface area contributed by atoms with Gasteiger partial charge < -0.3 is 30.3 Å². The number of carbonyl (C=O) groups is 2. The highest BCUT2D eigenvalue weighted by molar-refractivity contribution is 5.74. The molecule has 1 unspecified atom stereocenters. The van der Waals surface area contributed by atoms with E-state index in [1.165, 1.54) is 6.92 Å². The number of methoxy groups -OCH3 is 1. The van der Waals surface area contributed by atoms with Crippen LogP contribution in [0.1, 0.15) is 13.3 Å². The van der Waals surface area contributed by atoms with Crippen LogP contribution in [0.3, 0.4) is 0 Å². The van der Waals surface area contributed by atoms with E-state index in [0.29, 0.717) is 26.4 Å². The summed E-state index contributed by atoms with van der Waals surface area (Å²) in [6.07, 6.45) is -0.437. The molecule has 19 heavy (non-hydrogen) atoms. The van der Waals surface area contributed by atoms with E-state index in [-0.39, 0.29) is 6.54 Å². The lowest BCUT2D eigenvalue weighted by molar-refractivity contribution is -0.141. The Morgan fingerprint density at radius 3 is 2.47 bits per heavy atom. The van der Waals surface area contributed by atoms with Gasteiger partial charge in [-0.3, -0.25) is 4.79 Å². The fraction of sp³-hybridized carbons (Fsp3) is 0.818. The number of hydrogen-bond acceptors (Lipinski definition) is 5. The zero-order valence-corrected chi connectivity index (χ0v) is 11.3. The van der Waals surface area contributed by atoms with Crippen molar-refractivity contribution in [1.82, 2.24) is 10.6 Å².